The molecule has 92 valence electrons. The molecule has 1 aromatic heterocycles. The second-order valence-electron chi connectivity index (χ2n) is 3.96. The van der Waals surface area contributed by atoms with Crippen LogP contribution in [0, 0.1) is 0 Å². The minimum absolute atomic E-state index is 0.167. The van der Waals surface area contributed by atoms with Crippen molar-refractivity contribution in [2.45, 2.75) is 19.0 Å². The van der Waals surface area contributed by atoms with Crippen molar-refractivity contribution in [3.05, 3.63) is 29.2 Å². The van der Waals surface area contributed by atoms with Gasteiger partial charge in [-0.15, -0.1) is 0 Å². The number of hydrogen-bond donors (Lipinski definition) is 0. The SMILES string of the molecule is O=C1C=NC(c2cnn(C(F)F)c2)C2=C1CC=N2. The fraction of sp³-hybridized carbons (Fsp3) is 0.273. The van der Waals surface area contributed by atoms with Gasteiger partial charge >= 0.3 is 6.55 Å². The molecule has 0 amide bonds. The largest absolute Gasteiger partial charge is 0.333 e. The van der Waals surface area contributed by atoms with Gasteiger partial charge < -0.3 is 0 Å². The van der Waals surface area contributed by atoms with Crippen molar-refractivity contribution in [2.75, 3.05) is 0 Å². The third-order valence-corrected chi connectivity index (χ3v) is 2.87. The van der Waals surface area contributed by atoms with Crippen LogP contribution in [0.25, 0.3) is 0 Å². The van der Waals surface area contributed by atoms with Crippen molar-refractivity contribution < 1.29 is 13.6 Å². The van der Waals surface area contributed by atoms with Gasteiger partial charge in [0.05, 0.1) is 18.1 Å². The standard InChI is InChI=1S/C11H8F2N4O/c12-11(13)17-5-6(3-16-17)9-10-7(1-2-14-10)8(18)4-15-9/h2-5,9,11H,1H2. The fourth-order valence-corrected chi connectivity index (χ4v) is 2.02. The van der Waals surface area contributed by atoms with E-state index in [1.807, 2.05) is 0 Å². The zero-order valence-corrected chi connectivity index (χ0v) is 9.12. The van der Waals surface area contributed by atoms with E-state index in [4.69, 9.17) is 0 Å². The van der Waals surface area contributed by atoms with Crippen molar-refractivity contribution in [1.82, 2.24) is 9.78 Å². The molecule has 2 aliphatic heterocycles. The Kier molecular flexibility index (Phi) is 2.39. The third-order valence-electron chi connectivity index (χ3n) is 2.87. The molecule has 1 unspecified atom stereocenters. The molecule has 0 aliphatic carbocycles. The van der Waals surface area contributed by atoms with E-state index >= 15 is 0 Å². The first kappa shape index (κ1) is 10.9. The summed E-state index contributed by atoms with van der Waals surface area (Å²) in [6, 6.07) is -0.510. The zero-order chi connectivity index (χ0) is 12.7. The number of allylic oxidation sites excluding steroid dienone is 1. The molecule has 0 aromatic carbocycles. The van der Waals surface area contributed by atoms with Crippen LogP contribution in [0.15, 0.2) is 33.6 Å². The number of aromatic nitrogens is 2. The highest BCUT2D eigenvalue weighted by atomic mass is 19.3. The lowest BCUT2D eigenvalue weighted by atomic mass is 9.98. The summed E-state index contributed by atoms with van der Waals surface area (Å²) in [7, 11) is 0. The molecule has 0 N–H and O–H groups in total. The van der Waals surface area contributed by atoms with Gasteiger partial charge in [0.25, 0.3) is 0 Å². The monoisotopic (exact) mass is 250 g/mol. The summed E-state index contributed by atoms with van der Waals surface area (Å²) in [5, 5.41) is 3.56. The van der Waals surface area contributed by atoms with Gasteiger partial charge in [-0.2, -0.15) is 13.9 Å². The lowest BCUT2D eigenvalue weighted by Crippen LogP contribution is -2.14. The zero-order valence-electron chi connectivity index (χ0n) is 9.12. The van der Waals surface area contributed by atoms with Gasteiger partial charge in [-0.25, -0.2) is 4.68 Å². The van der Waals surface area contributed by atoms with Gasteiger partial charge in [0, 0.05) is 30.0 Å². The highest BCUT2D eigenvalue weighted by Gasteiger charge is 2.29. The van der Waals surface area contributed by atoms with Gasteiger partial charge in [-0.05, 0) is 0 Å². The van der Waals surface area contributed by atoms with Gasteiger partial charge in [0.1, 0.15) is 6.04 Å². The predicted molar refractivity (Wildman–Crippen MR) is 59.9 cm³/mol. The maximum Gasteiger partial charge on any atom is 0.333 e. The summed E-state index contributed by atoms with van der Waals surface area (Å²) in [5.41, 5.74) is 1.63. The Morgan fingerprint density at radius 1 is 1.44 bits per heavy atom. The summed E-state index contributed by atoms with van der Waals surface area (Å²) in [5.74, 6) is -0.167. The molecule has 7 heteroatoms. The van der Waals surface area contributed by atoms with E-state index in [2.05, 4.69) is 15.1 Å². The van der Waals surface area contributed by atoms with Crippen LogP contribution in [0.5, 0.6) is 0 Å². The number of aliphatic imine (C=N–C) groups is 2. The summed E-state index contributed by atoms with van der Waals surface area (Å²) in [6.07, 6.45) is 5.86. The Labute approximate surface area is 101 Å². The van der Waals surface area contributed by atoms with E-state index in [0.29, 0.717) is 27.9 Å². The molecule has 1 atom stereocenters. The number of ketones is 1. The Balaban J connectivity index is 1.98. The highest BCUT2D eigenvalue weighted by Crippen LogP contribution is 2.35. The van der Waals surface area contributed by atoms with Crippen LogP contribution < -0.4 is 0 Å². The number of carbonyl (C=O) groups is 1. The topological polar surface area (TPSA) is 59.6 Å². The number of nitrogens with zero attached hydrogens (tertiary/aromatic N) is 4. The van der Waals surface area contributed by atoms with Crippen molar-refractivity contribution in [2.24, 2.45) is 9.98 Å². The molecule has 5 nitrogen and oxygen atoms in total. The maximum absolute atomic E-state index is 12.4. The summed E-state index contributed by atoms with van der Waals surface area (Å²) < 4.78 is 25.4. The van der Waals surface area contributed by atoms with Crippen LogP contribution in [0.2, 0.25) is 0 Å². The van der Waals surface area contributed by atoms with Gasteiger partial charge in [0.2, 0.25) is 5.78 Å². The van der Waals surface area contributed by atoms with Crippen molar-refractivity contribution in [3.8, 4) is 0 Å². The Morgan fingerprint density at radius 3 is 3.00 bits per heavy atom. The molecule has 1 aromatic rings. The fourth-order valence-electron chi connectivity index (χ4n) is 2.02. The van der Waals surface area contributed by atoms with E-state index in [9.17, 15) is 13.6 Å². The Morgan fingerprint density at radius 2 is 2.28 bits per heavy atom. The van der Waals surface area contributed by atoms with Gasteiger partial charge in [0.15, 0.2) is 0 Å². The lowest BCUT2D eigenvalue weighted by molar-refractivity contribution is -0.109. The Hall–Kier alpha value is -2.18. The van der Waals surface area contributed by atoms with Gasteiger partial charge in [-0.3, -0.25) is 14.8 Å². The maximum atomic E-state index is 12.4. The minimum atomic E-state index is -2.69. The van der Waals surface area contributed by atoms with Gasteiger partial charge in [-0.1, -0.05) is 0 Å². The molecular weight excluding hydrogens is 242 g/mol. The van der Waals surface area contributed by atoms with Crippen LogP contribution in [0.3, 0.4) is 0 Å². The van der Waals surface area contributed by atoms with Crippen molar-refractivity contribution >= 4 is 18.2 Å². The van der Waals surface area contributed by atoms with Crippen molar-refractivity contribution in [3.63, 3.8) is 0 Å². The molecule has 0 bridgehead atoms. The first-order valence-corrected chi connectivity index (χ1v) is 5.32. The molecule has 0 saturated carbocycles. The number of Topliss-reactive ketones (excluding diaryl/α,β-unsaturated/α-hetero) is 1. The molecule has 0 spiro atoms. The normalized spacial score (nSPS) is 22.2. The van der Waals surface area contributed by atoms with E-state index in [-0.39, 0.29) is 5.78 Å². The first-order chi connectivity index (χ1) is 8.66. The number of halogens is 2. The second-order valence-corrected chi connectivity index (χ2v) is 3.96. The van der Waals surface area contributed by atoms with E-state index in [0.717, 1.165) is 0 Å². The highest BCUT2D eigenvalue weighted by molar-refractivity contribution is 6.37. The lowest BCUT2D eigenvalue weighted by Gasteiger charge is -2.15. The van der Waals surface area contributed by atoms with Crippen LogP contribution in [-0.4, -0.2) is 28.0 Å². The Bertz CT molecular complexity index is 600. The third kappa shape index (κ3) is 1.59. The van der Waals surface area contributed by atoms with Crippen LogP contribution in [0.1, 0.15) is 24.6 Å². The summed E-state index contributed by atoms with van der Waals surface area (Å²) in [6.45, 7) is -2.69. The molecule has 2 aliphatic rings. The predicted octanol–water partition coefficient (Wildman–Crippen LogP) is 1.70. The number of dihydropyridines is 1. The first-order valence-electron chi connectivity index (χ1n) is 5.32. The second kappa shape index (κ2) is 3.94. The molecule has 3 heterocycles. The summed E-state index contributed by atoms with van der Waals surface area (Å²) >= 11 is 0. The minimum Gasteiger partial charge on any atom is -0.288 e. The van der Waals surface area contributed by atoms with Crippen LogP contribution in [-0.2, 0) is 4.79 Å². The molecule has 3 rings (SSSR count). The smallest absolute Gasteiger partial charge is 0.288 e. The van der Waals surface area contributed by atoms with E-state index in [1.54, 1.807) is 6.21 Å². The molecule has 0 saturated heterocycles. The molecule has 0 radical (unpaired) electrons. The summed E-state index contributed by atoms with van der Waals surface area (Å²) in [4.78, 5) is 19.7. The van der Waals surface area contributed by atoms with Crippen LogP contribution in [0.4, 0.5) is 8.78 Å². The number of hydrogen-bond acceptors (Lipinski definition) is 4. The van der Waals surface area contributed by atoms with Crippen LogP contribution >= 0.6 is 0 Å². The number of rotatable bonds is 2. The average molecular weight is 250 g/mol. The molecular formula is C11H8F2N4O. The number of carbonyl (C=O) groups excluding carboxylic acids is 1. The average Bonchev–Trinajstić information content (AvgIpc) is 2.98. The quantitative estimate of drug-likeness (QED) is 0.802. The van der Waals surface area contributed by atoms with E-state index < -0.39 is 12.6 Å². The van der Waals surface area contributed by atoms with E-state index in [1.165, 1.54) is 18.6 Å². The molecule has 18 heavy (non-hydrogen) atoms. The molecule has 0 fully saturated rings. The van der Waals surface area contributed by atoms with Crippen molar-refractivity contribution in [1.29, 1.82) is 0 Å². The number of alkyl halides is 2.